The minimum Gasteiger partial charge on any atom is -0.286 e. The van der Waals surface area contributed by atoms with Gasteiger partial charge < -0.3 is 0 Å². The molecule has 0 spiro atoms. The maximum absolute atomic E-state index is 9.79. The van der Waals surface area contributed by atoms with E-state index < -0.39 is 10.1 Å². The van der Waals surface area contributed by atoms with Crippen LogP contribution in [0.1, 0.15) is 13.3 Å². The molecule has 0 atom stereocenters. The molecule has 0 saturated carbocycles. The fourth-order valence-electron chi connectivity index (χ4n) is 0.258. The van der Waals surface area contributed by atoms with Gasteiger partial charge in [-0.15, -0.1) is 0 Å². The molecule has 0 aliphatic heterocycles. The van der Waals surface area contributed by atoms with Gasteiger partial charge in [-0.05, 0) is 6.42 Å². The van der Waals surface area contributed by atoms with Crippen molar-refractivity contribution in [3.8, 4) is 0 Å². The fraction of sp³-hybridized carbons (Fsp3) is 1.00. The normalized spacial score (nSPS) is 10.2. The quantitative estimate of drug-likeness (QED) is 0.558. The zero-order valence-electron chi connectivity index (χ0n) is 4.79. The van der Waals surface area contributed by atoms with Gasteiger partial charge in [0.1, 0.15) is 0 Å². The van der Waals surface area contributed by atoms with Crippen molar-refractivity contribution in [3.63, 3.8) is 0 Å². The molecule has 2 radical (unpaired) electrons. The maximum atomic E-state index is 9.79. The fourth-order valence-corrected chi connectivity index (χ4v) is 0.774. The van der Waals surface area contributed by atoms with E-state index in [0.717, 1.165) is 0 Å². The third-order valence-electron chi connectivity index (χ3n) is 0.462. The number of rotatable bonds is 2. The van der Waals surface area contributed by atoms with Crippen molar-refractivity contribution in [2.75, 3.05) is 5.75 Å². The van der Waals surface area contributed by atoms with Crippen molar-refractivity contribution in [2.45, 2.75) is 13.3 Å². The topological polar surface area (TPSA) is 54.4 Å². The van der Waals surface area contributed by atoms with Crippen molar-refractivity contribution < 1.29 is 13.0 Å². The first-order valence-corrected chi connectivity index (χ1v) is 3.62. The Hall–Kier alpha value is 1.48. The minimum atomic E-state index is -3.67. The molecule has 0 unspecified atom stereocenters. The summed E-state index contributed by atoms with van der Waals surface area (Å²) in [4.78, 5) is 0. The van der Waals surface area contributed by atoms with Gasteiger partial charge in [0.25, 0.3) is 10.1 Å². The molecular formula is C3H8BaO3S. The average molecular weight is 261 g/mol. The monoisotopic (exact) mass is 262 g/mol. The third kappa shape index (κ3) is 10.5. The predicted molar refractivity (Wildman–Crippen MR) is 32.5 cm³/mol. The van der Waals surface area contributed by atoms with Gasteiger partial charge >= 0.3 is 0 Å². The standard InChI is InChI=1S/C3H8O3S.Ba/c1-2-3-7(4,5)6;/h2-3H2,1H3,(H,4,5,6);. The van der Waals surface area contributed by atoms with Crippen LogP contribution in [-0.2, 0) is 10.1 Å². The molecule has 8 heavy (non-hydrogen) atoms. The van der Waals surface area contributed by atoms with Crippen molar-refractivity contribution in [1.82, 2.24) is 0 Å². The summed E-state index contributed by atoms with van der Waals surface area (Å²) in [6.07, 6.45) is 0.471. The Balaban J connectivity index is 0. The zero-order chi connectivity index (χ0) is 5.91. The molecule has 0 rings (SSSR count). The molecule has 0 aliphatic rings. The Bertz CT molecular complexity index is 127. The molecule has 0 heterocycles. The van der Waals surface area contributed by atoms with Crippen molar-refractivity contribution in [3.05, 3.63) is 0 Å². The van der Waals surface area contributed by atoms with Gasteiger partial charge in [0.05, 0.1) is 5.75 Å². The molecule has 0 aliphatic carbocycles. The van der Waals surface area contributed by atoms with Crippen molar-refractivity contribution in [1.29, 1.82) is 0 Å². The second kappa shape index (κ2) is 5.28. The van der Waals surface area contributed by atoms with Gasteiger partial charge in [-0.25, -0.2) is 0 Å². The molecule has 1 N–H and O–H groups in total. The van der Waals surface area contributed by atoms with Gasteiger partial charge in [-0.3, -0.25) is 4.55 Å². The molecule has 0 saturated heterocycles. The van der Waals surface area contributed by atoms with Crippen LogP contribution in [-0.4, -0.2) is 67.6 Å². The SMILES string of the molecule is CCCS(=O)(=O)O.[Ba]. The number of hydrogen-bond acceptors (Lipinski definition) is 2. The van der Waals surface area contributed by atoms with E-state index in [-0.39, 0.29) is 54.6 Å². The molecule has 0 aromatic carbocycles. The Kier molecular flexibility index (Phi) is 8.04. The van der Waals surface area contributed by atoms with E-state index in [2.05, 4.69) is 0 Å². The van der Waals surface area contributed by atoms with Crippen molar-refractivity contribution in [2.24, 2.45) is 0 Å². The summed E-state index contributed by atoms with van der Waals surface area (Å²) in [5.74, 6) is -0.132. The van der Waals surface area contributed by atoms with E-state index in [4.69, 9.17) is 4.55 Å². The maximum Gasteiger partial charge on any atom is 0.264 e. The Morgan fingerprint density at radius 2 is 1.88 bits per heavy atom. The van der Waals surface area contributed by atoms with E-state index in [9.17, 15) is 8.42 Å². The molecule has 5 heteroatoms. The second-order valence-electron chi connectivity index (χ2n) is 1.29. The van der Waals surface area contributed by atoms with E-state index in [1.807, 2.05) is 0 Å². The van der Waals surface area contributed by atoms with Gasteiger partial charge in [-0.1, -0.05) is 6.92 Å². The van der Waals surface area contributed by atoms with E-state index in [0.29, 0.717) is 6.42 Å². The molecule has 0 amide bonds. The average Bonchev–Trinajstić information content (AvgIpc) is 1.30. The third-order valence-corrected chi connectivity index (χ3v) is 1.39. The second-order valence-corrected chi connectivity index (χ2v) is 2.86. The first kappa shape index (κ1) is 12.2. The summed E-state index contributed by atoms with van der Waals surface area (Å²) in [5, 5.41) is 0. The van der Waals surface area contributed by atoms with Crippen LogP contribution in [0.4, 0.5) is 0 Å². The summed E-state index contributed by atoms with van der Waals surface area (Å²) in [6.45, 7) is 1.69. The van der Waals surface area contributed by atoms with Gasteiger partial charge in [0.15, 0.2) is 0 Å². The molecule has 3 nitrogen and oxygen atoms in total. The summed E-state index contributed by atoms with van der Waals surface area (Å²) in [7, 11) is -3.67. The molecule has 0 aromatic heterocycles. The predicted octanol–water partition coefficient (Wildman–Crippen LogP) is -0.0966. The number of hydrogen-bond donors (Lipinski definition) is 1. The summed E-state index contributed by atoms with van der Waals surface area (Å²) < 4.78 is 27.6. The Morgan fingerprint density at radius 3 is 1.88 bits per heavy atom. The van der Waals surface area contributed by atoms with Crippen LogP contribution in [0.2, 0.25) is 0 Å². The Labute approximate surface area is 89.7 Å². The van der Waals surface area contributed by atoms with E-state index in [1.54, 1.807) is 6.92 Å². The first-order valence-electron chi connectivity index (χ1n) is 2.01. The van der Waals surface area contributed by atoms with Crippen LogP contribution in [0.15, 0.2) is 0 Å². The van der Waals surface area contributed by atoms with Crippen LogP contribution in [0.5, 0.6) is 0 Å². The van der Waals surface area contributed by atoms with Crippen LogP contribution >= 0.6 is 0 Å². The summed E-state index contributed by atoms with van der Waals surface area (Å²) in [5.41, 5.74) is 0. The van der Waals surface area contributed by atoms with Gasteiger partial charge in [0, 0.05) is 48.9 Å². The van der Waals surface area contributed by atoms with Crippen LogP contribution in [0.3, 0.4) is 0 Å². The smallest absolute Gasteiger partial charge is 0.264 e. The zero-order valence-corrected chi connectivity index (χ0v) is 10.1. The van der Waals surface area contributed by atoms with Crippen LogP contribution in [0, 0.1) is 0 Å². The van der Waals surface area contributed by atoms with Crippen molar-refractivity contribution >= 4 is 59.0 Å². The molecule has 46 valence electrons. The largest absolute Gasteiger partial charge is 0.286 e. The van der Waals surface area contributed by atoms with Crippen LogP contribution < -0.4 is 0 Å². The van der Waals surface area contributed by atoms with E-state index >= 15 is 0 Å². The van der Waals surface area contributed by atoms with Crippen LogP contribution in [0.25, 0.3) is 0 Å². The van der Waals surface area contributed by atoms with E-state index in [1.165, 1.54) is 0 Å². The minimum absolute atomic E-state index is 0. The molecular weight excluding hydrogens is 253 g/mol. The summed E-state index contributed by atoms with van der Waals surface area (Å²) in [6, 6.07) is 0. The summed E-state index contributed by atoms with van der Waals surface area (Å²) >= 11 is 0. The molecule has 0 fully saturated rings. The van der Waals surface area contributed by atoms with Gasteiger partial charge in [0.2, 0.25) is 0 Å². The first-order chi connectivity index (χ1) is 3.06. The molecule has 0 aromatic rings. The Morgan fingerprint density at radius 1 is 1.50 bits per heavy atom. The molecule has 0 bridgehead atoms. The van der Waals surface area contributed by atoms with Gasteiger partial charge in [-0.2, -0.15) is 8.42 Å².